The van der Waals surface area contributed by atoms with E-state index in [0.717, 1.165) is 11.1 Å². The molecule has 3 aromatic carbocycles. The number of rotatable bonds is 8. The van der Waals surface area contributed by atoms with Crippen molar-refractivity contribution in [1.82, 2.24) is 5.32 Å². The van der Waals surface area contributed by atoms with Gasteiger partial charge in [-0.15, -0.1) is 0 Å². The van der Waals surface area contributed by atoms with Crippen LogP contribution in [0.4, 0.5) is 4.39 Å². The standard InChI is InChI=1S/C27H27Cl2FN2O/c1-17(32-26(27(2,3)33)23-12-11-22(29)15-25(23)30)24(14-18-7-9-21(28)10-8-18)20-6-4-5-19(13-20)16-31/h4-13,15,17,24,26,32-33H,14H2,1-3H3/t17-,24?,26-/m0/s1. The van der Waals surface area contributed by atoms with E-state index >= 15 is 0 Å². The summed E-state index contributed by atoms with van der Waals surface area (Å²) in [5, 5.41) is 24.7. The number of aliphatic hydroxyl groups is 1. The fourth-order valence-electron chi connectivity index (χ4n) is 4.09. The Hall–Kier alpha value is -2.42. The Morgan fingerprint density at radius 1 is 1.03 bits per heavy atom. The fourth-order valence-corrected chi connectivity index (χ4v) is 4.37. The van der Waals surface area contributed by atoms with Gasteiger partial charge in [0.15, 0.2) is 0 Å². The lowest BCUT2D eigenvalue weighted by molar-refractivity contribution is 0.0303. The van der Waals surface area contributed by atoms with Crippen LogP contribution in [0.3, 0.4) is 0 Å². The number of benzene rings is 3. The molecule has 0 bridgehead atoms. The van der Waals surface area contributed by atoms with Crippen molar-refractivity contribution in [2.24, 2.45) is 0 Å². The topological polar surface area (TPSA) is 56.0 Å². The Balaban J connectivity index is 1.98. The molecule has 2 N–H and O–H groups in total. The quantitative estimate of drug-likeness (QED) is 0.368. The molecule has 3 nitrogen and oxygen atoms in total. The van der Waals surface area contributed by atoms with Crippen LogP contribution >= 0.6 is 23.2 Å². The Kier molecular flexibility index (Phi) is 8.15. The van der Waals surface area contributed by atoms with Crippen LogP contribution in [0, 0.1) is 17.1 Å². The molecule has 172 valence electrons. The van der Waals surface area contributed by atoms with E-state index in [0.29, 0.717) is 27.6 Å². The highest BCUT2D eigenvalue weighted by atomic mass is 35.5. The molecule has 0 saturated carbocycles. The van der Waals surface area contributed by atoms with E-state index in [9.17, 15) is 14.8 Å². The Morgan fingerprint density at radius 3 is 2.30 bits per heavy atom. The van der Waals surface area contributed by atoms with Gasteiger partial charge in [-0.25, -0.2) is 4.39 Å². The summed E-state index contributed by atoms with van der Waals surface area (Å²) < 4.78 is 14.8. The maximum absolute atomic E-state index is 14.8. The average Bonchev–Trinajstić information content (AvgIpc) is 2.76. The molecular formula is C27H27Cl2FN2O. The molecular weight excluding hydrogens is 458 g/mol. The highest BCUT2D eigenvalue weighted by Gasteiger charge is 2.33. The van der Waals surface area contributed by atoms with Gasteiger partial charge in [-0.2, -0.15) is 5.26 Å². The predicted octanol–water partition coefficient (Wildman–Crippen LogP) is 6.82. The first-order valence-corrected chi connectivity index (χ1v) is 11.5. The van der Waals surface area contributed by atoms with Crippen LogP contribution in [0.15, 0.2) is 66.7 Å². The van der Waals surface area contributed by atoms with Crippen LogP contribution < -0.4 is 5.32 Å². The summed E-state index contributed by atoms with van der Waals surface area (Å²) >= 11 is 12.0. The van der Waals surface area contributed by atoms with E-state index in [1.54, 1.807) is 32.0 Å². The van der Waals surface area contributed by atoms with E-state index in [1.165, 1.54) is 6.07 Å². The van der Waals surface area contributed by atoms with Crippen molar-refractivity contribution in [2.75, 3.05) is 0 Å². The van der Waals surface area contributed by atoms with Gasteiger partial charge in [-0.3, -0.25) is 0 Å². The van der Waals surface area contributed by atoms with Crippen molar-refractivity contribution < 1.29 is 9.50 Å². The summed E-state index contributed by atoms with van der Waals surface area (Å²) in [5.41, 5.74) is 1.73. The third kappa shape index (κ3) is 6.56. The van der Waals surface area contributed by atoms with Gasteiger partial charge >= 0.3 is 0 Å². The molecule has 3 rings (SSSR count). The molecule has 0 amide bonds. The van der Waals surface area contributed by atoms with E-state index < -0.39 is 17.5 Å². The SMILES string of the molecule is C[C@H](N[C@@H](c1ccc(Cl)cc1F)C(C)(C)O)C(Cc1ccc(Cl)cc1)c1cccc(C#N)c1. The minimum atomic E-state index is -1.25. The Labute approximate surface area is 204 Å². The molecule has 6 heteroatoms. The van der Waals surface area contributed by atoms with Crippen molar-refractivity contribution >= 4 is 23.2 Å². The van der Waals surface area contributed by atoms with Gasteiger partial charge < -0.3 is 10.4 Å². The molecule has 0 saturated heterocycles. The minimum absolute atomic E-state index is 0.0558. The first-order chi connectivity index (χ1) is 15.6. The maximum Gasteiger partial charge on any atom is 0.129 e. The molecule has 0 heterocycles. The molecule has 0 fully saturated rings. The van der Waals surface area contributed by atoms with Gasteiger partial charge in [0.1, 0.15) is 5.82 Å². The van der Waals surface area contributed by atoms with Crippen molar-refractivity contribution in [3.63, 3.8) is 0 Å². The zero-order valence-corrected chi connectivity index (χ0v) is 20.3. The van der Waals surface area contributed by atoms with Crippen LogP contribution in [-0.2, 0) is 6.42 Å². The smallest absolute Gasteiger partial charge is 0.129 e. The molecule has 0 aliphatic carbocycles. The normalized spacial score (nSPS) is 14.4. The van der Waals surface area contributed by atoms with Crippen LogP contribution in [-0.4, -0.2) is 16.7 Å². The number of nitriles is 1. The van der Waals surface area contributed by atoms with Crippen molar-refractivity contribution in [2.45, 2.75) is 50.8 Å². The average molecular weight is 485 g/mol. The van der Waals surface area contributed by atoms with Crippen LogP contribution in [0.2, 0.25) is 10.0 Å². The number of hydrogen-bond donors (Lipinski definition) is 2. The Morgan fingerprint density at radius 2 is 1.70 bits per heavy atom. The zero-order chi connectivity index (χ0) is 24.2. The monoisotopic (exact) mass is 484 g/mol. The summed E-state index contributed by atoms with van der Waals surface area (Å²) in [6, 6.07) is 20.9. The molecule has 0 aliphatic heterocycles. The second-order valence-electron chi connectivity index (χ2n) is 8.88. The Bertz CT molecular complexity index is 1140. The van der Waals surface area contributed by atoms with Crippen molar-refractivity contribution in [3.05, 3.63) is 105 Å². The summed E-state index contributed by atoms with van der Waals surface area (Å²) in [6.07, 6.45) is 0.669. The predicted molar refractivity (Wildman–Crippen MR) is 132 cm³/mol. The van der Waals surface area contributed by atoms with Gasteiger partial charge in [0, 0.05) is 27.6 Å². The minimum Gasteiger partial charge on any atom is -0.388 e. The van der Waals surface area contributed by atoms with Crippen LogP contribution in [0.25, 0.3) is 0 Å². The van der Waals surface area contributed by atoms with E-state index in [4.69, 9.17) is 23.2 Å². The molecule has 0 aliphatic rings. The van der Waals surface area contributed by atoms with Gasteiger partial charge in [0.05, 0.1) is 23.3 Å². The van der Waals surface area contributed by atoms with Crippen molar-refractivity contribution in [3.8, 4) is 6.07 Å². The first kappa shape index (κ1) is 25.2. The van der Waals surface area contributed by atoms with Crippen molar-refractivity contribution in [1.29, 1.82) is 5.26 Å². The number of halogens is 3. The van der Waals surface area contributed by atoms with E-state index in [1.807, 2.05) is 49.4 Å². The van der Waals surface area contributed by atoms with Gasteiger partial charge in [0.25, 0.3) is 0 Å². The number of hydrogen-bond acceptors (Lipinski definition) is 3. The highest BCUT2D eigenvalue weighted by molar-refractivity contribution is 6.30. The molecule has 33 heavy (non-hydrogen) atoms. The third-order valence-corrected chi connectivity index (χ3v) is 6.31. The summed E-state index contributed by atoms with van der Waals surface area (Å²) in [5.74, 6) is -0.533. The van der Waals surface area contributed by atoms with E-state index in [2.05, 4.69) is 11.4 Å². The molecule has 3 aromatic rings. The molecule has 0 aromatic heterocycles. The maximum atomic E-state index is 14.8. The molecule has 1 unspecified atom stereocenters. The summed E-state index contributed by atoms with van der Waals surface area (Å²) in [6.45, 7) is 5.30. The molecule has 3 atom stereocenters. The second kappa shape index (κ2) is 10.7. The molecule has 0 spiro atoms. The van der Waals surface area contributed by atoms with Crippen LogP contribution in [0.1, 0.15) is 55.0 Å². The lowest BCUT2D eigenvalue weighted by Crippen LogP contribution is -2.45. The number of nitrogens with zero attached hydrogens (tertiary/aromatic N) is 1. The lowest BCUT2D eigenvalue weighted by Gasteiger charge is -2.36. The molecule has 0 radical (unpaired) electrons. The lowest BCUT2D eigenvalue weighted by atomic mass is 9.83. The zero-order valence-electron chi connectivity index (χ0n) is 18.8. The third-order valence-electron chi connectivity index (χ3n) is 5.83. The van der Waals surface area contributed by atoms with Crippen LogP contribution in [0.5, 0.6) is 0 Å². The van der Waals surface area contributed by atoms with E-state index in [-0.39, 0.29) is 12.0 Å². The van der Waals surface area contributed by atoms with Gasteiger partial charge in [0.2, 0.25) is 0 Å². The van der Waals surface area contributed by atoms with Gasteiger partial charge in [-0.05, 0) is 74.7 Å². The summed E-state index contributed by atoms with van der Waals surface area (Å²) in [7, 11) is 0. The highest BCUT2D eigenvalue weighted by Crippen LogP contribution is 2.33. The summed E-state index contributed by atoms with van der Waals surface area (Å²) in [4.78, 5) is 0. The fraction of sp³-hybridized carbons (Fsp3) is 0.296. The second-order valence-corrected chi connectivity index (χ2v) is 9.76. The number of nitrogens with one attached hydrogen (secondary N) is 1. The largest absolute Gasteiger partial charge is 0.388 e. The van der Waals surface area contributed by atoms with Gasteiger partial charge in [-0.1, -0.05) is 53.5 Å². The first-order valence-electron chi connectivity index (χ1n) is 10.8.